The van der Waals surface area contributed by atoms with Gasteiger partial charge in [0.2, 0.25) is 0 Å². The summed E-state index contributed by atoms with van der Waals surface area (Å²) >= 11 is 0. The van der Waals surface area contributed by atoms with Gasteiger partial charge in [0.25, 0.3) is 0 Å². The molecule has 0 radical (unpaired) electrons. The maximum atomic E-state index is 10.4. The van der Waals surface area contributed by atoms with E-state index < -0.39 is 0 Å². The minimum atomic E-state index is 0.281. The topological polar surface area (TPSA) is 26.3 Å². The second-order valence-electron chi connectivity index (χ2n) is 4.04. The number of hydrogen-bond donors (Lipinski definition) is 0. The Balaban J connectivity index is 2.24. The highest BCUT2D eigenvalue weighted by Crippen LogP contribution is 2.22. The fourth-order valence-corrected chi connectivity index (χ4v) is 1.87. The molecule has 0 spiro atoms. The first-order valence-electron chi connectivity index (χ1n) is 5.86. The number of aryl methyl sites for hydroxylation is 1. The first-order valence-corrected chi connectivity index (χ1v) is 5.86. The Morgan fingerprint density at radius 1 is 1.17 bits per heavy atom. The SMILES string of the molecule is C#CCOc1ccc2cc(CCC=O)ccc2c1. The van der Waals surface area contributed by atoms with Crippen molar-refractivity contribution in [2.75, 3.05) is 6.61 Å². The molecule has 0 saturated heterocycles. The van der Waals surface area contributed by atoms with Crippen molar-refractivity contribution in [1.82, 2.24) is 0 Å². The molecule has 0 bridgehead atoms. The summed E-state index contributed by atoms with van der Waals surface area (Å²) in [7, 11) is 0. The third-order valence-corrected chi connectivity index (χ3v) is 2.75. The molecule has 0 amide bonds. The first kappa shape index (κ1) is 12.2. The predicted octanol–water partition coefficient (Wildman–Crippen LogP) is 2.98. The van der Waals surface area contributed by atoms with Crippen LogP contribution < -0.4 is 4.74 Å². The lowest BCUT2D eigenvalue weighted by Gasteiger charge is -2.05. The molecule has 2 aromatic rings. The number of aldehydes is 1. The van der Waals surface area contributed by atoms with Crippen LogP contribution in [0.3, 0.4) is 0 Å². The van der Waals surface area contributed by atoms with Gasteiger partial charge in [-0.05, 0) is 34.9 Å². The van der Waals surface area contributed by atoms with E-state index in [1.54, 1.807) is 0 Å². The molecule has 0 aliphatic rings. The molecule has 90 valence electrons. The highest BCUT2D eigenvalue weighted by atomic mass is 16.5. The standard InChI is InChI=1S/C16H14O2/c1-2-10-18-16-8-7-14-11-13(4-3-9-17)5-6-15(14)12-16/h1,5-9,11-12H,3-4,10H2. The number of carbonyl (C=O) groups is 1. The summed E-state index contributed by atoms with van der Waals surface area (Å²) in [6, 6.07) is 12.1. The fourth-order valence-electron chi connectivity index (χ4n) is 1.87. The maximum Gasteiger partial charge on any atom is 0.148 e. The largest absolute Gasteiger partial charge is 0.481 e. The Bertz CT molecular complexity index is 594. The van der Waals surface area contributed by atoms with Crippen molar-refractivity contribution in [2.24, 2.45) is 0 Å². The number of benzene rings is 2. The summed E-state index contributed by atoms with van der Waals surface area (Å²) in [6.45, 7) is 0.281. The molecule has 0 heterocycles. The molecule has 0 saturated carbocycles. The Hall–Kier alpha value is -2.27. The van der Waals surface area contributed by atoms with Crippen molar-refractivity contribution < 1.29 is 9.53 Å². The van der Waals surface area contributed by atoms with E-state index in [0.29, 0.717) is 6.42 Å². The van der Waals surface area contributed by atoms with Crippen LogP contribution in [0.2, 0.25) is 0 Å². The molecule has 0 aromatic heterocycles. The molecule has 2 heteroatoms. The lowest BCUT2D eigenvalue weighted by atomic mass is 10.0. The van der Waals surface area contributed by atoms with Crippen LogP contribution in [-0.2, 0) is 11.2 Å². The van der Waals surface area contributed by atoms with Crippen LogP contribution in [0, 0.1) is 12.3 Å². The third kappa shape index (κ3) is 2.89. The molecule has 0 aliphatic carbocycles. The second-order valence-corrected chi connectivity index (χ2v) is 4.04. The Morgan fingerprint density at radius 2 is 1.94 bits per heavy atom. The van der Waals surface area contributed by atoms with Crippen molar-refractivity contribution in [3.8, 4) is 18.1 Å². The number of terminal acetylenes is 1. The summed E-state index contributed by atoms with van der Waals surface area (Å²) < 4.78 is 5.38. The van der Waals surface area contributed by atoms with E-state index in [1.165, 1.54) is 5.56 Å². The minimum Gasteiger partial charge on any atom is -0.481 e. The predicted molar refractivity (Wildman–Crippen MR) is 72.7 cm³/mol. The summed E-state index contributed by atoms with van der Waals surface area (Å²) in [5.41, 5.74) is 1.17. The lowest BCUT2D eigenvalue weighted by molar-refractivity contribution is -0.107. The highest BCUT2D eigenvalue weighted by Gasteiger charge is 1.99. The van der Waals surface area contributed by atoms with Gasteiger partial charge in [0.1, 0.15) is 18.6 Å². The molecule has 0 unspecified atom stereocenters. The molecule has 2 rings (SSSR count). The van der Waals surface area contributed by atoms with Crippen molar-refractivity contribution in [3.05, 3.63) is 42.0 Å². The smallest absolute Gasteiger partial charge is 0.148 e. The van der Waals surface area contributed by atoms with Crippen molar-refractivity contribution in [3.63, 3.8) is 0 Å². The molecule has 18 heavy (non-hydrogen) atoms. The Morgan fingerprint density at radius 3 is 2.72 bits per heavy atom. The van der Waals surface area contributed by atoms with Crippen molar-refractivity contribution in [2.45, 2.75) is 12.8 Å². The summed E-state index contributed by atoms with van der Waals surface area (Å²) in [5, 5.41) is 2.26. The van der Waals surface area contributed by atoms with E-state index in [9.17, 15) is 4.79 Å². The Kier molecular flexibility index (Phi) is 3.98. The number of rotatable bonds is 5. The average Bonchev–Trinajstić information content (AvgIpc) is 2.42. The van der Waals surface area contributed by atoms with E-state index in [4.69, 9.17) is 11.2 Å². The minimum absolute atomic E-state index is 0.281. The quantitative estimate of drug-likeness (QED) is 0.591. The van der Waals surface area contributed by atoms with Gasteiger partial charge in [-0.25, -0.2) is 0 Å². The molecule has 0 fully saturated rings. The van der Waals surface area contributed by atoms with Crippen LogP contribution in [0.4, 0.5) is 0 Å². The average molecular weight is 238 g/mol. The number of ether oxygens (including phenoxy) is 1. The van der Waals surface area contributed by atoms with Gasteiger partial charge in [0.15, 0.2) is 0 Å². The van der Waals surface area contributed by atoms with Gasteiger partial charge in [-0.2, -0.15) is 0 Å². The van der Waals surface area contributed by atoms with Crippen molar-refractivity contribution >= 4 is 17.1 Å². The second kappa shape index (κ2) is 5.88. The van der Waals surface area contributed by atoms with Crippen LogP contribution in [-0.4, -0.2) is 12.9 Å². The number of hydrogen-bond acceptors (Lipinski definition) is 2. The highest BCUT2D eigenvalue weighted by molar-refractivity contribution is 5.84. The van der Waals surface area contributed by atoms with E-state index in [0.717, 1.165) is 29.2 Å². The van der Waals surface area contributed by atoms with Gasteiger partial charge in [0, 0.05) is 6.42 Å². The van der Waals surface area contributed by atoms with Gasteiger partial charge >= 0.3 is 0 Å². The zero-order valence-corrected chi connectivity index (χ0v) is 10.1. The molecule has 0 atom stereocenters. The first-order chi connectivity index (χ1) is 8.83. The number of fused-ring (bicyclic) bond motifs is 1. The molecule has 2 nitrogen and oxygen atoms in total. The van der Waals surface area contributed by atoms with E-state index in [1.807, 2.05) is 30.3 Å². The zero-order valence-electron chi connectivity index (χ0n) is 10.1. The van der Waals surface area contributed by atoms with Gasteiger partial charge in [-0.1, -0.05) is 30.2 Å². The van der Waals surface area contributed by atoms with Crippen molar-refractivity contribution in [1.29, 1.82) is 0 Å². The molecule has 0 N–H and O–H groups in total. The summed E-state index contributed by atoms with van der Waals surface area (Å²) in [6.07, 6.45) is 7.45. The van der Waals surface area contributed by atoms with Gasteiger partial charge in [-0.3, -0.25) is 0 Å². The molecular weight excluding hydrogens is 224 g/mol. The third-order valence-electron chi connectivity index (χ3n) is 2.75. The van der Waals surface area contributed by atoms with Crippen LogP contribution in [0.25, 0.3) is 10.8 Å². The van der Waals surface area contributed by atoms with Crippen LogP contribution in [0.5, 0.6) is 5.75 Å². The lowest BCUT2D eigenvalue weighted by Crippen LogP contribution is -1.93. The summed E-state index contributed by atoms with van der Waals surface area (Å²) in [5.74, 6) is 3.22. The number of carbonyl (C=O) groups excluding carboxylic acids is 1. The van der Waals surface area contributed by atoms with Crippen LogP contribution in [0.15, 0.2) is 36.4 Å². The van der Waals surface area contributed by atoms with E-state index in [2.05, 4.69) is 12.0 Å². The van der Waals surface area contributed by atoms with E-state index in [-0.39, 0.29) is 6.61 Å². The van der Waals surface area contributed by atoms with Crippen LogP contribution in [0.1, 0.15) is 12.0 Å². The normalized spacial score (nSPS) is 9.94. The van der Waals surface area contributed by atoms with Gasteiger partial charge in [-0.15, -0.1) is 6.42 Å². The van der Waals surface area contributed by atoms with Gasteiger partial charge < -0.3 is 9.53 Å². The van der Waals surface area contributed by atoms with Crippen LogP contribution >= 0.6 is 0 Å². The summed E-state index contributed by atoms with van der Waals surface area (Å²) in [4.78, 5) is 10.4. The fraction of sp³-hybridized carbons (Fsp3) is 0.188. The van der Waals surface area contributed by atoms with Gasteiger partial charge in [0.05, 0.1) is 0 Å². The molecular formula is C16H14O2. The Labute approximate surface area is 107 Å². The maximum absolute atomic E-state index is 10.4. The zero-order chi connectivity index (χ0) is 12.8. The molecule has 2 aromatic carbocycles. The van der Waals surface area contributed by atoms with E-state index >= 15 is 0 Å². The monoisotopic (exact) mass is 238 g/mol. The molecule has 0 aliphatic heterocycles.